The van der Waals surface area contributed by atoms with Crippen LogP contribution in [-0.2, 0) is 28.6 Å². The Hall–Kier alpha value is -3.15. The van der Waals surface area contributed by atoms with Gasteiger partial charge in [0, 0.05) is 19.3 Å². The Kier molecular flexibility index (Phi) is 60.7. The predicted octanol–water partition coefficient (Wildman–Crippen LogP) is 22.1. The fourth-order valence-corrected chi connectivity index (χ4v) is 9.35. The van der Waals surface area contributed by atoms with Crippen LogP contribution in [0.1, 0.15) is 329 Å². The molecule has 0 amide bonds. The van der Waals surface area contributed by atoms with Gasteiger partial charge in [-0.1, -0.05) is 293 Å². The molecule has 0 rings (SSSR count). The van der Waals surface area contributed by atoms with E-state index in [1.807, 2.05) is 0 Å². The fourth-order valence-electron chi connectivity index (χ4n) is 9.35. The summed E-state index contributed by atoms with van der Waals surface area (Å²) in [5.41, 5.74) is 0. The van der Waals surface area contributed by atoms with Gasteiger partial charge in [0.25, 0.3) is 0 Å². The lowest BCUT2D eigenvalue weighted by Gasteiger charge is -2.18. The Balaban J connectivity index is 4.06. The van der Waals surface area contributed by atoms with E-state index >= 15 is 0 Å². The average molecular weight is 1050 g/mol. The number of carbonyl (C=O) groups is 3. The van der Waals surface area contributed by atoms with Crippen LogP contribution in [0, 0.1) is 0 Å². The molecule has 1 unspecified atom stereocenters. The smallest absolute Gasteiger partial charge is 0.306 e. The summed E-state index contributed by atoms with van der Waals surface area (Å²) in [5.74, 6) is -0.869. The molecule has 0 aromatic heterocycles. The molecule has 0 bridgehead atoms. The van der Waals surface area contributed by atoms with E-state index in [-0.39, 0.29) is 31.1 Å². The molecule has 0 aromatic rings. The van der Waals surface area contributed by atoms with Crippen molar-refractivity contribution >= 4 is 17.9 Å². The van der Waals surface area contributed by atoms with Crippen molar-refractivity contribution in [2.45, 2.75) is 335 Å². The number of hydrogen-bond acceptors (Lipinski definition) is 6. The van der Waals surface area contributed by atoms with Crippen LogP contribution in [0.4, 0.5) is 0 Å². The number of hydrogen-bond donors (Lipinski definition) is 0. The summed E-state index contributed by atoms with van der Waals surface area (Å²) in [5, 5.41) is 0. The average Bonchev–Trinajstić information content (AvgIpc) is 3.41. The second kappa shape index (κ2) is 63.4. The number of unbranched alkanes of at least 4 members (excludes halogenated alkanes) is 36. The quantitative estimate of drug-likeness (QED) is 0.0261. The molecule has 0 radical (unpaired) electrons. The Bertz CT molecular complexity index is 1390. The molecular formula is C69H122O6. The zero-order valence-corrected chi connectivity index (χ0v) is 49.8. The van der Waals surface area contributed by atoms with Gasteiger partial charge in [-0.05, 0) is 89.9 Å². The largest absolute Gasteiger partial charge is 0.462 e. The molecule has 0 aliphatic rings. The van der Waals surface area contributed by atoms with E-state index < -0.39 is 6.10 Å². The van der Waals surface area contributed by atoms with Gasteiger partial charge in [-0.25, -0.2) is 0 Å². The van der Waals surface area contributed by atoms with Crippen LogP contribution in [-0.4, -0.2) is 37.2 Å². The van der Waals surface area contributed by atoms with Gasteiger partial charge >= 0.3 is 17.9 Å². The van der Waals surface area contributed by atoms with Crippen molar-refractivity contribution in [3.63, 3.8) is 0 Å². The van der Waals surface area contributed by atoms with E-state index in [1.54, 1.807) is 0 Å². The Morgan fingerprint density at radius 3 is 0.827 bits per heavy atom. The summed E-state index contributed by atoms with van der Waals surface area (Å²) in [4.78, 5) is 38.1. The van der Waals surface area contributed by atoms with E-state index in [0.29, 0.717) is 19.3 Å². The summed E-state index contributed by atoms with van der Waals surface area (Å²) >= 11 is 0. The first-order valence-electron chi connectivity index (χ1n) is 32.4. The lowest BCUT2D eigenvalue weighted by Crippen LogP contribution is -2.30. The zero-order chi connectivity index (χ0) is 54.3. The van der Waals surface area contributed by atoms with Crippen molar-refractivity contribution in [3.05, 3.63) is 72.9 Å². The zero-order valence-electron chi connectivity index (χ0n) is 49.8. The normalized spacial score (nSPS) is 12.5. The van der Waals surface area contributed by atoms with Crippen LogP contribution in [0.15, 0.2) is 72.9 Å². The van der Waals surface area contributed by atoms with Crippen molar-refractivity contribution < 1.29 is 28.6 Å². The number of esters is 3. The maximum atomic E-state index is 12.8. The molecular weight excluding hydrogens is 925 g/mol. The lowest BCUT2D eigenvalue weighted by molar-refractivity contribution is -0.167. The number of ether oxygens (including phenoxy) is 3. The molecule has 0 fully saturated rings. The molecule has 0 saturated heterocycles. The Morgan fingerprint density at radius 2 is 0.520 bits per heavy atom. The van der Waals surface area contributed by atoms with Crippen LogP contribution in [0.2, 0.25) is 0 Å². The molecule has 0 spiro atoms. The first kappa shape index (κ1) is 71.8. The molecule has 1 atom stereocenters. The van der Waals surface area contributed by atoms with Gasteiger partial charge in [0.2, 0.25) is 0 Å². The van der Waals surface area contributed by atoms with Crippen molar-refractivity contribution in [3.8, 4) is 0 Å². The Labute approximate surface area is 465 Å². The molecule has 0 N–H and O–H groups in total. The first-order valence-corrected chi connectivity index (χ1v) is 32.4. The number of allylic oxidation sites excluding steroid dienone is 12. The minimum atomic E-state index is -0.774. The van der Waals surface area contributed by atoms with Gasteiger partial charge in [-0.2, -0.15) is 0 Å². The van der Waals surface area contributed by atoms with Crippen LogP contribution in [0.5, 0.6) is 0 Å². The second-order valence-corrected chi connectivity index (χ2v) is 21.6. The molecule has 75 heavy (non-hydrogen) atoms. The summed E-state index contributed by atoms with van der Waals surface area (Å²) in [6.45, 7) is 6.53. The molecule has 0 saturated carbocycles. The summed E-state index contributed by atoms with van der Waals surface area (Å²) in [7, 11) is 0. The third-order valence-electron chi connectivity index (χ3n) is 14.2. The molecule has 0 aliphatic carbocycles. The lowest BCUT2D eigenvalue weighted by atomic mass is 10.0. The van der Waals surface area contributed by atoms with Gasteiger partial charge in [0.05, 0.1) is 0 Å². The minimum Gasteiger partial charge on any atom is -0.462 e. The van der Waals surface area contributed by atoms with Crippen LogP contribution in [0.3, 0.4) is 0 Å². The fraction of sp³-hybridized carbons (Fsp3) is 0.783. The van der Waals surface area contributed by atoms with Crippen molar-refractivity contribution in [1.82, 2.24) is 0 Å². The Morgan fingerprint density at radius 1 is 0.280 bits per heavy atom. The second-order valence-electron chi connectivity index (χ2n) is 21.6. The van der Waals surface area contributed by atoms with Gasteiger partial charge < -0.3 is 14.2 Å². The van der Waals surface area contributed by atoms with E-state index in [0.717, 1.165) is 96.3 Å². The molecule has 0 heterocycles. The highest BCUT2D eigenvalue weighted by Crippen LogP contribution is 2.17. The van der Waals surface area contributed by atoms with E-state index in [4.69, 9.17) is 14.2 Å². The van der Waals surface area contributed by atoms with Crippen LogP contribution in [0.25, 0.3) is 0 Å². The number of rotatable bonds is 59. The molecule has 0 aliphatic heterocycles. The van der Waals surface area contributed by atoms with Crippen LogP contribution < -0.4 is 0 Å². The molecule has 434 valence electrons. The van der Waals surface area contributed by atoms with Gasteiger partial charge in [-0.3, -0.25) is 14.4 Å². The summed E-state index contributed by atoms with van der Waals surface area (Å²) in [6, 6.07) is 0. The highest BCUT2D eigenvalue weighted by atomic mass is 16.6. The predicted molar refractivity (Wildman–Crippen MR) is 325 cm³/mol. The minimum absolute atomic E-state index is 0.0734. The standard InChI is InChI=1S/C69H122O6/c1-4-7-10-13-16-19-21-23-25-26-27-28-29-30-31-32-33-34-35-36-37-38-39-40-41-42-44-45-47-50-53-56-59-62-68(71)74-65-66(64-73-67(70)61-58-55-52-49-18-15-12-9-6-3)75-69(72)63-60-57-54-51-48-46-43-24-22-20-17-14-11-8-5-2/h7,10,16,19,23-25,27-28,30-31,43,66H,4-6,8-9,11-15,17-18,20-22,26,29,32-42,44-65H2,1-3H3/b10-7-,19-16-,25-23-,28-27-,31-30-,43-24-. The van der Waals surface area contributed by atoms with Crippen molar-refractivity contribution in [1.29, 1.82) is 0 Å². The number of carbonyl (C=O) groups excluding carboxylic acids is 3. The highest BCUT2D eigenvalue weighted by Gasteiger charge is 2.19. The van der Waals surface area contributed by atoms with Gasteiger partial charge in [-0.15, -0.1) is 0 Å². The van der Waals surface area contributed by atoms with E-state index in [9.17, 15) is 14.4 Å². The maximum absolute atomic E-state index is 12.8. The SMILES string of the molecule is CC/C=C\C/C=C\C/C=C\C/C=C\C/C=C\CCCCCCCCCCCCCCCCCCCC(=O)OCC(COC(=O)CCCCCCCCCCC)OC(=O)CCCCCCC/C=C\CCCCCCCC. The van der Waals surface area contributed by atoms with E-state index in [1.165, 1.54) is 193 Å². The van der Waals surface area contributed by atoms with Crippen molar-refractivity contribution in [2.24, 2.45) is 0 Å². The summed E-state index contributed by atoms with van der Waals surface area (Å²) < 4.78 is 16.9. The third kappa shape index (κ3) is 61.6. The maximum Gasteiger partial charge on any atom is 0.306 e. The van der Waals surface area contributed by atoms with Gasteiger partial charge in [0.15, 0.2) is 6.10 Å². The first-order chi connectivity index (χ1) is 37.0. The van der Waals surface area contributed by atoms with Gasteiger partial charge in [0.1, 0.15) is 13.2 Å². The topological polar surface area (TPSA) is 78.9 Å². The highest BCUT2D eigenvalue weighted by molar-refractivity contribution is 5.71. The monoisotopic (exact) mass is 1050 g/mol. The molecule has 6 heteroatoms. The summed E-state index contributed by atoms with van der Waals surface area (Å²) in [6.07, 6.45) is 82.2. The van der Waals surface area contributed by atoms with Crippen molar-refractivity contribution in [2.75, 3.05) is 13.2 Å². The molecule has 0 aromatic carbocycles. The molecule has 6 nitrogen and oxygen atoms in total. The third-order valence-corrected chi connectivity index (χ3v) is 14.2. The van der Waals surface area contributed by atoms with E-state index in [2.05, 4.69) is 93.7 Å². The van der Waals surface area contributed by atoms with Crippen LogP contribution >= 0.6 is 0 Å².